The van der Waals surface area contributed by atoms with Gasteiger partial charge >= 0.3 is 23.9 Å². The number of ether oxygens (including phenoxy) is 5. The molecular formula is C27H42O10. The van der Waals surface area contributed by atoms with Crippen LogP contribution < -0.4 is 0 Å². The lowest BCUT2D eigenvalue weighted by molar-refractivity contribution is -0.225. The van der Waals surface area contributed by atoms with E-state index in [1.807, 2.05) is 41.5 Å². The normalized spacial score (nSPS) is 26.8. The van der Waals surface area contributed by atoms with Gasteiger partial charge in [-0.25, -0.2) is 0 Å². The Labute approximate surface area is 219 Å². The van der Waals surface area contributed by atoms with Gasteiger partial charge in [0.25, 0.3) is 0 Å². The van der Waals surface area contributed by atoms with Crippen LogP contribution in [0.25, 0.3) is 0 Å². The fraction of sp³-hybridized carbons (Fsp3) is 0.778. The highest BCUT2D eigenvalue weighted by atomic mass is 16.7. The van der Waals surface area contributed by atoms with Crippen LogP contribution in [0, 0.1) is 29.6 Å². The van der Waals surface area contributed by atoms with Crippen LogP contribution in [-0.4, -0.2) is 60.2 Å². The first-order chi connectivity index (χ1) is 17.2. The number of fused-ring (bicyclic) bond motifs is 1. The fourth-order valence-corrected chi connectivity index (χ4v) is 4.72. The van der Waals surface area contributed by atoms with Crippen molar-refractivity contribution < 1.29 is 48.0 Å². The third kappa shape index (κ3) is 8.72. The molecule has 1 heterocycles. The third-order valence-electron chi connectivity index (χ3n) is 6.30. The van der Waals surface area contributed by atoms with E-state index >= 15 is 0 Å². The van der Waals surface area contributed by atoms with Gasteiger partial charge in [0.1, 0.15) is 24.9 Å². The minimum atomic E-state index is -1.91. The van der Waals surface area contributed by atoms with Crippen LogP contribution in [0.1, 0.15) is 74.1 Å². The zero-order valence-corrected chi connectivity index (χ0v) is 23.0. The molecule has 1 saturated carbocycles. The van der Waals surface area contributed by atoms with Gasteiger partial charge < -0.3 is 28.8 Å². The van der Waals surface area contributed by atoms with Crippen molar-refractivity contribution >= 4 is 23.9 Å². The maximum atomic E-state index is 12.5. The van der Waals surface area contributed by atoms with Crippen LogP contribution in [0.4, 0.5) is 0 Å². The van der Waals surface area contributed by atoms with Crippen molar-refractivity contribution in [2.24, 2.45) is 29.6 Å². The molecule has 0 amide bonds. The first-order valence-electron chi connectivity index (χ1n) is 13.0. The van der Waals surface area contributed by atoms with Gasteiger partial charge in [-0.15, -0.1) is 0 Å². The molecule has 1 aliphatic heterocycles. The van der Waals surface area contributed by atoms with E-state index < -0.39 is 54.3 Å². The predicted octanol–water partition coefficient (Wildman–Crippen LogP) is 3.29. The third-order valence-corrected chi connectivity index (χ3v) is 6.30. The van der Waals surface area contributed by atoms with Gasteiger partial charge in [-0.05, 0) is 24.2 Å². The second-order valence-electron chi connectivity index (χ2n) is 11.3. The van der Waals surface area contributed by atoms with Gasteiger partial charge in [-0.1, -0.05) is 41.5 Å². The SMILES string of the molecule is CC(=O)O[C@H]1C[C@@H]2C(COC(=O)CC(C)C)=CO[C@@H](OC(=O)CC(C)C)[C@H]2[C@@]1(O)COC(=O)CC(C)C. The summed E-state index contributed by atoms with van der Waals surface area (Å²) >= 11 is 0. The van der Waals surface area contributed by atoms with Crippen LogP contribution in [0.5, 0.6) is 0 Å². The molecular weight excluding hydrogens is 484 g/mol. The molecule has 10 nitrogen and oxygen atoms in total. The number of esters is 4. The molecule has 1 fully saturated rings. The van der Waals surface area contributed by atoms with E-state index in [1.54, 1.807) is 0 Å². The summed E-state index contributed by atoms with van der Waals surface area (Å²) < 4.78 is 27.7. The molecule has 0 spiro atoms. The zero-order chi connectivity index (χ0) is 27.9. The minimum absolute atomic E-state index is 0.0339. The number of carbonyl (C=O) groups excluding carboxylic acids is 4. The van der Waals surface area contributed by atoms with Crippen molar-refractivity contribution in [2.75, 3.05) is 13.2 Å². The molecule has 10 heteroatoms. The Morgan fingerprint density at radius 2 is 1.46 bits per heavy atom. The molecule has 0 saturated heterocycles. The molecule has 0 bridgehead atoms. The van der Waals surface area contributed by atoms with Crippen LogP contribution in [-0.2, 0) is 42.9 Å². The largest absolute Gasteiger partial charge is 0.462 e. The summed E-state index contributed by atoms with van der Waals surface area (Å²) in [5, 5.41) is 11.9. The monoisotopic (exact) mass is 526 g/mol. The maximum Gasteiger partial charge on any atom is 0.309 e. The average Bonchev–Trinajstić information content (AvgIpc) is 3.02. The Bertz CT molecular complexity index is 861. The zero-order valence-electron chi connectivity index (χ0n) is 23.0. The first-order valence-corrected chi connectivity index (χ1v) is 13.0. The Kier molecular flexibility index (Phi) is 11.0. The van der Waals surface area contributed by atoms with Crippen LogP contribution in [0.3, 0.4) is 0 Å². The Morgan fingerprint density at radius 1 is 0.919 bits per heavy atom. The number of carbonyl (C=O) groups is 4. The predicted molar refractivity (Wildman–Crippen MR) is 131 cm³/mol. The van der Waals surface area contributed by atoms with Crippen molar-refractivity contribution in [1.29, 1.82) is 0 Å². The van der Waals surface area contributed by atoms with Gasteiger partial charge in [0, 0.05) is 37.7 Å². The summed E-state index contributed by atoms with van der Waals surface area (Å²) in [5.74, 6) is -3.33. The van der Waals surface area contributed by atoms with Crippen LogP contribution in [0.2, 0.25) is 0 Å². The van der Waals surface area contributed by atoms with Gasteiger partial charge in [0.2, 0.25) is 6.29 Å². The molecule has 2 rings (SSSR count). The van der Waals surface area contributed by atoms with Crippen molar-refractivity contribution in [3.05, 3.63) is 11.8 Å². The summed E-state index contributed by atoms with van der Waals surface area (Å²) in [5.41, 5.74) is -1.37. The maximum absolute atomic E-state index is 12.5. The second kappa shape index (κ2) is 13.3. The summed E-state index contributed by atoms with van der Waals surface area (Å²) in [7, 11) is 0. The lowest BCUT2D eigenvalue weighted by Crippen LogP contribution is -2.55. The Hall–Kier alpha value is -2.62. The van der Waals surface area contributed by atoms with E-state index in [4.69, 9.17) is 23.7 Å². The van der Waals surface area contributed by atoms with E-state index in [2.05, 4.69) is 0 Å². The average molecular weight is 527 g/mol. The summed E-state index contributed by atoms with van der Waals surface area (Å²) in [6.45, 7) is 11.9. The fourth-order valence-electron chi connectivity index (χ4n) is 4.72. The Morgan fingerprint density at radius 3 is 2.00 bits per heavy atom. The van der Waals surface area contributed by atoms with E-state index in [-0.39, 0.29) is 56.0 Å². The van der Waals surface area contributed by atoms with E-state index in [0.717, 1.165) is 0 Å². The number of hydrogen-bond acceptors (Lipinski definition) is 10. The summed E-state index contributed by atoms with van der Waals surface area (Å²) in [6.07, 6.45) is -0.270. The molecule has 0 aromatic rings. The van der Waals surface area contributed by atoms with E-state index in [1.165, 1.54) is 13.2 Å². The quantitative estimate of drug-likeness (QED) is 0.298. The highest BCUT2D eigenvalue weighted by Gasteiger charge is 2.63. The highest BCUT2D eigenvalue weighted by Crippen LogP contribution is 2.50. The van der Waals surface area contributed by atoms with E-state index in [0.29, 0.717) is 5.57 Å². The van der Waals surface area contributed by atoms with Gasteiger partial charge in [0.15, 0.2) is 0 Å². The summed E-state index contributed by atoms with van der Waals surface area (Å²) in [4.78, 5) is 48.9. The molecule has 0 unspecified atom stereocenters. The highest BCUT2D eigenvalue weighted by molar-refractivity contribution is 5.71. The smallest absolute Gasteiger partial charge is 0.309 e. The van der Waals surface area contributed by atoms with Crippen molar-refractivity contribution in [3.8, 4) is 0 Å². The topological polar surface area (TPSA) is 135 Å². The molecule has 1 aliphatic carbocycles. The number of rotatable bonds is 12. The first kappa shape index (κ1) is 30.6. The molecule has 210 valence electrons. The second-order valence-corrected chi connectivity index (χ2v) is 11.3. The number of hydrogen-bond donors (Lipinski definition) is 1. The number of aliphatic hydroxyl groups is 1. The summed E-state index contributed by atoms with van der Waals surface area (Å²) in [6, 6.07) is 0. The van der Waals surface area contributed by atoms with Crippen molar-refractivity contribution in [2.45, 2.75) is 92.1 Å². The van der Waals surface area contributed by atoms with Gasteiger partial charge in [0.05, 0.1) is 12.2 Å². The molecule has 0 radical (unpaired) electrons. The molecule has 0 aromatic heterocycles. The lowest BCUT2D eigenvalue weighted by atomic mass is 9.80. The van der Waals surface area contributed by atoms with Crippen LogP contribution in [0.15, 0.2) is 11.8 Å². The van der Waals surface area contributed by atoms with E-state index in [9.17, 15) is 24.3 Å². The Balaban J connectivity index is 2.37. The van der Waals surface area contributed by atoms with Crippen molar-refractivity contribution in [1.82, 2.24) is 0 Å². The minimum Gasteiger partial charge on any atom is -0.462 e. The standard InChI is InChI=1S/C27H42O10/c1-15(2)8-22(29)33-12-19-13-34-26(37-24(31)10-17(5)6)25-20(19)11-21(36-18(7)28)27(25,32)14-35-23(30)9-16(3)4/h13,15-17,20-21,25-26,32H,8-12,14H2,1-7H3/t20-,21+,25+,26+,27-/m1/s1. The molecule has 2 aliphatic rings. The van der Waals surface area contributed by atoms with Gasteiger partial charge in [-0.2, -0.15) is 0 Å². The molecule has 5 atom stereocenters. The lowest BCUT2D eigenvalue weighted by Gasteiger charge is -2.40. The van der Waals surface area contributed by atoms with Crippen molar-refractivity contribution in [3.63, 3.8) is 0 Å². The van der Waals surface area contributed by atoms with Crippen LogP contribution >= 0.6 is 0 Å². The van der Waals surface area contributed by atoms with Gasteiger partial charge in [-0.3, -0.25) is 19.2 Å². The molecule has 0 aromatic carbocycles. The molecule has 1 N–H and O–H groups in total. The molecule has 37 heavy (non-hydrogen) atoms.